The lowest BCUT2D eigenvalue weighted by Gasteiger charge is -2.13. The van der Waals surface area contributed by atoms with Crippen LogP contribution < -0.4 is 14.8 Å². The monoisotopic (exact) mass is 411 g/mol. The number of para-hydroxylation sites is 1. The maximum atomic E-state index is 12.9. The molecule has 6 nitrogen and oxygen atoms in total. The highest BCUT2D eigenvalue weighted by Gasteiger charge is 2.33. The summed E-state index contributed by atoms with van der Waals surface area (Å²) in [6.07, 6.45) is 0.580. The predicted molar refractivity (Wildman–Crippen MR) is 113 cm³/mol. The lowest BCUT2D eigenvalue weighted by atomic mass is 10.1. The zero-order chi connectivity index (χ0) is 20.7. The predicted octanol–water partition coefficient (Wildman–Crippen LogP) is 4.25. The van der Waals surface area contributed by atoms with Gasteiger partial charge in [0, 0.05) is 23.6 Å². The van der Waals surface area contributed by atoms with Gasteiger partial charge in [-0.25, -0.2) is 4.68 Å². The van der Waals surface area contributed by atoms with Gasteiger partial charge in [0.15, 0.2) is 17.2 Å². The number of hydrogen-bond acceptors (Lipinski definition) is 4. The van der Waals surface area contributed by atoms with E-state index < -0.39 is 0 Å². The highest BCUT2D eigenvalue weighted by Crippen LogP contribution is 2.45. The number of ether oxygens (including phenoxy) is 2. The Morgan fingerprint density at radius 1 is 1.17 bits per heavy atom. The summed E-state index contributed by atoms with van der Waals surface area (Å²) in [4.78, 5) is 12.9. The minimum atomic E-state index is -0.200. The van der Waals surface area contributed by atoms with Gasteiger partial charge in [0.1, 0.15) is 0 Å². The number of amides is 1. The Kier molecular flexibility index (Phi) is 4.96. The number of halogens is 1. The number of methoxy groups -OCH3 is 2. The van der Waals surface area contributed by atoms with Crippen molar-refractivity contribution in [1.29, 1.82) is 0 Å². The molecular weight excluding hydrogens is 390 g/mol. The first-order chi connectivity index (χ1) is 13.9. The Balaban J connectivity index is 1.96. The minimum Gasteiger partial charge on any atom is -0.493 e. The van der Waals surface area contributed by atoms with Crippen LogP contribution in [-0.2, 0) is 6.42 Å². The SMILES string of the molecule is COc1cc2c(cc1OC)-c1c(c(C(=O)NC(C)C)nn1-c1ccccc1Cl)C2. The molecule has 0 bridgehead atoms. The van der Waals surface area contributed by atoms with Crippen LogP contribution in [0.25, 0.3) is 16.9 Å². The number of fused-ring (bicyclic) bond motifs is 3. The summed E-state index contributed by atoms with van der Waals surface area (Å²) in [6, 6.07) is 11.3. The molecule has 0 radical (unpaired) electrons. The van der Waals surface area contributed by atoms with Crippen LogP contribution in [-0.4, -0.2) is 35.9 Å². The van der Waals surface area contributed by atoms with Crippen molar-refractivity contribution in [3.05, 3.63) is 58.2 Å². The van der Waals surface area contributed by atoms with Gasteiger partial charge < -0.3 is 14.8 Å². The fourth-order valence-corrected chi connectivity index (χ4v) is 3.90. The standard InChI is InChI=1S/C22H22ClN3O3/c1-12(2)24-22(27)20-15-9-13-10-18(28-3)19(29-4)11-14(13)21(15)26(25-20)17-8-6-5-7-16(17)23/h5-8,10-12H,9H2,1-4H3,(H,24,27). The zero-order valence-corrected chi connectivity index (χ0v) is 17.5. The van der Waals surface area contributed by atoms with Gasteiger partial charge in [0.25, 0.3) is 5.91 Å². The number of hydrogen-bond donors (Lipinski definition) is 1. The molecule has 4 rings (SSSR count). The van der Waals surface area contributed by atoms with Crippen LogP contribution in [0, 0.1) is 0 Å². The average Bonchev–Trinajstić information content (AvgIpc) is 3.23. The molecule has 3 aromatic rings. The molecule has 1 heterocycles. The highest BCUT2D eigenvalue weighted by molar-refractivity contribution is 6.32. The number of carbonyl (C=O) groups is 1. The average molecular weight is 412 g/mol. The summed E-state index contributed by atoms with van der Waals surface area (Å²) in [5.74, 6) is 1.08. The second kappa shape index (κ2) is 7.44. The topological polar surface area (TPSA) is 65.4 Å². The molecule has 1 N–H and O–H groups in total. The third-order valence-corrected chi connectivity index (χ3v) is 5.25. The number of benzene rings is 2. The largest absolute Gasteiger partial charge is 0.493 e. The summed E-state index contributed by atoms with van der Waals surface area (Å²) in [5.41, 5.74) is 4.85. The Hall–Kier alpha value is -2.99. The van der Waals surface area contributed by atoms with Crippen LogP contribution in [0.4, 0.5) is 0 Å². The molecule has 2 aromatic carbocycles. The molecule has 0 unspecified atom stereocenters. The van der Waals surface area contributed by atoms with E-state index in [0.29, 0.717) is 28.6 Å². The lowest BCUT2D eigenvalue weighted by Crippen LogP contribution is -2.31. The molecular formula is C22H22ClN3O3. The molecule has 0 atom stereocenters. The Morgan fingerprint density at radius 2 is 1.86 bits per heavy atom. The Labute approximate surface area is 174 Å². The number of carbonyl (C=O) groups excluding carboxylic acids is 1. The quantitative estimate of drug-likeness (QED) is 0.533. The van der Waals surface area contributed by atoms with Crippen LogP contribution in [0.15, 0.2) is 36.4 Å². The van der Waals surface area contributed by atoms with E-state index in [1.807, 2.05) is 50.2 Å². The van der Waals surface area contributed by atoms with E-state index in [0.717, 1.165) is 28.1 Å². The number of aromatic nitrogens is 2. The Bertz CT molecular complexity index is 1100. The molecule has 7 heteroatoms. The van der Waals surface area contributed by atoms with Gasteiger partial charge >= 0.3 is 0 Å². The van der Waals surface area contributed by atoms with Gasteiger partial charge in [-0.2, -0.15) is 5.10 Å². The van der Waals surface area contributed by atoms with E-state index >= 15 is 0 Å². The summed E-state index contributed by atoms with van der Waals surface area (Å²) < 4.78 is 12.7. The molecule has 0 spiro atoms. The van der Waals surface area contributed by atoms with Gasteiger partial charge in [-0.05, 0) is 43.7 Å². The summed E-state index contributed by atoms with van der Waals surface area (Å²) in [6.45, 7) is 3.85. The van der Waals surface area contributed by atoms with Crippen LogP contribution in [0.1, 0.15) is 35.5 Å². The normalized spacial score (nSPS) is 11.9. The number of nitrogens with one attached hydrogen (secondary N) is 1. The fraction of sp³-hybridized carbons (Fsp3) is 0.273. The molecule has 150 valence electrons. The maximum absolute atomic E-state index is 12.9. The molecule has 0 aliphatic heterocycles. The van der Waals surface area contributed by atoms with Crippen molar-refractivity contribution in [2.45, 2.75) is 26.3 Å². The van der Waals surface area contributed by atoms with E-state index in [1.54, 1.807) is 18.9 Å². The van der Waals surface area contributed by atoms with Crippen LogP contribution in [0.5, 0.6) is 11.5 Å². The van der Waals surface area contributed by atoms with Crippen molar-refractivity contribution < 1.29 is 14.3 Å². The maximum Gasteiger partial charge on any atom is 0.272 e. The van der Waals surface area contributed by atoms with Gasteiger partial charge in [0.2, 0.25) is 0 Å². The van der Waals surface area contributed by atoms with Crippen molar-refractivity contribution in [1.82, 2.24) is 15.1 Å². The van der Waals surface area contributed by atoms with Gasteiger partial charge in [-0.1, -0.05) is 23.7 Å². The summed E-state index contributed by atoms with van der Waals surface area (Å²) in [7, 11) is 3.21. The second-order valence-electron chi connectivity index (χ2n) is 7.21. The van der Waals surface area contributed by atoms with E-state index in [1.165, 1.54) is 0 Å². The first kappa shape index (κ1) is 19.3. The van der Waals surface area contributed by atoms with Crippen molar-refractivity contribution >= 4 is 17.5 Å². The van der Waals surface area contributed by atoms with Crippen LogP contribution in [0.3, 0.4) is 0 Å². The van der Waals surface area contributed by atoms with E-state index in [9.17, 15) is 4.79 Å². The first-order valence-corrected chi connectivity index (χ1v) is 9.75. The smallest absolute Gasteiger partial charge is 0.272 e. The minimum absolute atomic E-state index is 0.00702. The second-order valence-corrected chi connectivity index (χ2v) is 7.62. The van der Waals surface area contributed by atoms with Crippen molar-refractivity contribution in [2.75, 3.05) is 14.2 Å². The van der Waals surface area contributed by atoms with E-state index in [-0.39, 0.29) is 11.9 Å². The third kappa shape index (κ3) is 3.23. The summed E-state index contributed by atoms with van der Waals surface area (Å²) in [5, 5.41) is 8.16. The molecule has 1 amide bonds. The number of nitrogens with zero attached hydrogens (tertiary/aromatic N) is 2. The van der Waals surface area contributed by atoms with Gasteiger partial charge in [-0.3, -0.25) is 4.79 Å². The van der Waals surface area contributed by atoms with E-state index in [2.05, 4.69) is 10.4 Å². The highest BCUT2D eigenvalue weighted by atomic mass is 35.5. The molecule has 0 fully saturated rings. The van der Waals surface area contributed by atoms with Gasteiger partial charge in [0.05, 0.1) is 30.6 Å². The first-order valence-electron chi connectivity index (χ1n) is 9.37. The molecule has 0 saturated carbocycles. The van der Waals surface area contributed by atoms with Crippen molar-refractivity contribution in [2.24, 2.45) is 0 Å². The number of rotatable bonds is 5. The Morgan fingerprint density at radius 3 is 2.52 bits per heavy atom. The molecule has 1 aromatic heterocycles. The van der Waals surface area contributed by atoms with Crippen LogP contribution >= 0.6 is 11.6 Å². The van der Waals surface area contributed by atoms with Gasteiger partial charge in [-0.15, -0.1) is 0 Å². The van der Waals surface area contributed by atoms with Crippen LogP contribution in [0.2, 0.25) is 5.02 Å². The fourth-order valence-electron chi connectivity index (χ4n) is 3.68. The summed E-state index contributed by atoms with van der Waals surface area (Å²) >= 11 is 6.46. The zero-order valence-electron chi connectivity index (χ0n) is 16.7. The van der Waals surface area contributed by atoms with Crippen molar-refractivity contribution in [3.63, 3.8) is 0 Å². The van der Waals surface area contributed by atoms with Crippen molar-refractivity contribution in [3.8, 4) is 28.4 Å². The molecule has 29 heavy (non-hydrogen) atoms. The molecule has 0 saturated heterocycles. The molecule has 1 aliphatic carbocycles. The van der Waals surface area contributed by atoms with E-state index in [4.69, 9.17) is 21.1 Å². The lowest BCUT2D eigenvalue weighted by molar-refractivity contribution is 0.0937. The third-order valence-electron chi connectivity index (χ3n) is 4.93. The molecule has 1 aliphatic rings.